The van der Waals surface area contributed by atoms with Gasteiger partial charge >= 0.3 is 17.9 Å². The van der Waals surface area contributed by atoms with Gasteiger partial charge in [0.1, 0.15) is 13.2 Å². The van der Waals surface area contributed by atoms with E-state index >= 15 is 0 Å². The molecule has 1 N–H and O–H groups in total. The Morgan fingerprint density at radius 3 is 1.04 bits per heavy atom. The fourth-order valence-electron chi connectivity index (χ4n) is 8.33. The van der Waals surface area contributed by atoms with Gasteiger partial charge in [0.15, 0.2) is 6.10 Å². The average Bonchev–Trinajstić information content (AvgIpc) is 3.40. The van der Waals surface area contributed by atoms with E-state index in [9.17, 15) is 19.5 Å². The first-order valence-corrected chi connectivity index (χ1v) is 31.1. The van der Waals surface area contributed by atoms with Crippen LogP contribution in [0.3, 0.4) is 0 Å². The molecule has 0 rings (SSSR count). The van der Waals surface area contributed by atoms with Gasteiger partial charge in [0, 0.05) is 12.8 Å². The molecule has 0 amide bonds. The van der Waals surface area contributed by atoms with Crippen LogP contribution in [0.25, 0.3) is 0 Å². The highest BCUT2D eigenvalue weighted by Crippen LogP contribution is 2.16. The number of ether oxygens (including phenoxy) is 4. The number of hydrogen-bond acceptors (Lipinski definition) is 7. The van der Waals surface area contributed by atoms with Crippen molar-refractivity contribution in [3.8, 4) is 0 Å². The van der Waals surface area contributed by atoms with Crippen LogP contribution >= 0.6 is 0 Å². The lowest BCUT2D eigenvalue weighted by molar-refractivity contribution is -0.870. The maximum atomic E-state index is 12.9. The van der Waals surface area contributed by atoms with Crippen LogP contribution < -0.4 is 0 Å². The topological polar surface area (TPSA) is 108 Å². The minimum atomic E-state index is -1.52. The predicted molar refractivity (Wildman–Crippen MR) is 327 cm³/mol. The molecule has 0 aromatic rings. The largest absolute Gasteiger partial charge is 0.477 e. The van der Waals surface area contributed by atoms with Gasteiger partial charge in [-0.3, -0.25) is 9.59 Å². The van der Waals surface area contributed by atoms with Crippen molar-refractivity contribution < 1.29 is 42.9 Å². The van der Waals surface area contributed by atoms with Gasteiger partial charge in [-0.1, -0.05) is 245 Å². The summed E-state index contributed by atoms with van der Waals surface area (Å²) in [5, 5.41) is 9.72. The number of carbonyl (C=O) groups is 3. The lowest BCUT2D eigenvalue weighted by Crippen LogP contribution is -2.40. The molecule has 2 unspecified atom stereocenters. The van der Waals surface area contributed by atoms with Crippen LogP contribution in [0, 0.1) is 0 Å². The number of rotatable bonds is 56. The quantitative estimate of drug-likeness (QED) is 0.0211. The number of aliphatic carboxylic acids is 1. The Balaban J connectivity index is 4.21. The molecule has 440 valence electrons. The van der Waals surface area contributed by atoms with E-state index < -0.39 is 24.3 Å². The molecule has 0 bridgehead atoms. The molecule has 9 heteroatoms. The first kappa shape index (κ1) is 73.0. The zero-order valence-corrected chi connectivity index (χ0v) is 50.1. The smallest absolute Gasteiger partial charge is 0.361 e. The van der Waals surface area contributed by atoms with Gasteiger partial charge in [-0.2, -0.15) is 0 Å². The van der Waals surface area contributed by atoms with E-state index in [2.05, 4.69) is 123 Å². The van der Waals surface area contributed by atoms with Gasteiger partial charge < -0.3 is 28.5 Å². The van der Waals surface area contributed by atoms with Gasteiger partial charge in [-0.25, -0.2) is 4.79 Å². The van der Waals surface area contributed by atoms with Gasteiger partial charge in [0.25, 0.3) is 6.29 Å². The van der Waals surface area contributed by atoms with E-state index in [0.29, 0.717) is 23.9 Å². The maximum absolute atomic E-state index is 12.9. The molecule has 0 saturated carbocycles. The van der Waals surface area contributed by atoms with E-state index in [1.165, 1.54) is 109 Å². The number of nitrogens with zero attached hydrogens (tertiary/aromatic N) is 1. The number of likely N-dealkylation sites (N-methyl/N-ethyl adjacent to an activating group) is 1. The van der Waals surface area contributed by atoms with Crippen LogP contribution in [-0.2, 0) is 33.3 Å². The van der Waals surface area contributed by atoms with Crippen molar-refractivity contribution in [1.29, 1.82) is 0 Å². The summed E-state index contributed by atoms with van der Waals surface area (Å²) in [5.74, 6) is -2.01. The minimum Gasteiger partial charge on any atom is -0.477 e. The highest BCUT2D eigenvalue weighted by atomic mass is 16.7. The number of hydrogen-bond donors (Lipinski definition) is 1. The van der Waals surface area contributed by atoms with Crippen LogP contribution in [0.2, 0.25) is 0 Å². The van der Waals surface area contributed by atoms with Crippen LogP contribution in [0.4, 0.5) is 0 Å². The summed E-state index contributed by atoms with van der Waals surface area (Å²) in [6.45, 7) is 4.65. The van der Waals surface area contributed by atoms with Crippen molar-refractivity contribution in [2.45, 2.75) is 257 Å². The van der Waals surface area contributed by atoms with Crippen LogP contribution in [0.5, 0.6) is 0 Å². The third-order valence-corrected chi connectivity index (χ3v) is 13.0. The SMILES string of the molecule is CC/C=C\C/C=C\C/C=C\C/C=C\C/C=C\CCCCCCCCCCCCCCCC(=O)OC(COC(=O)CCCCCCCCCCCC/C=C\C/C=C\C/C=C\C/C=C\CC)COC(OCC[N+](C)(C)C)C(=O)O. The minimum absolute atomic E-state index is 0.182. The number of carboxylic acid groups (broad SMARTS) is 1. The first-order chi connectivity index (χ1) is 37.6. The summed E-state index contributed by atoms with van der Waals surface area (Å²) in [7, 11) is 5.97. The van der Waals surface area contributed by atoms with Crippen molar-refractivity contribution in [2.75, 3.05) is 47.5 Å². The third kappa shape index (κ3) is 59.5. The second kappa shape index (κ2) is 58.1. The summed E-state index contributed by atoms with van der Waals surface area (Å²) in [6.07, 6.45) is 77.4. The highest BCUT2D eigenvalue weighted by Gasteiger charge is 2.25. The monoisotopic (exact) mass is 1070 g/mol. The van der Waals surface area contributed by atoms with Crippen molar-refractivity contribution in [3.63, 3.8) is 0 Å². The maximum Gasteiger partial charge on any atom is 0.361 e. The normalized spacial score (nSPS) is 13.5. The molecule has 0 aliphatic rings. The fourth-order valence-corrected chi connectivity index (χ4v) is 8.33. The van der Waals surface area contributed by atoms with E-state index in [-0.39, 0.29) is 32.2 Å². The lowest BCUT2D eigenvalue weighted by atomic mass is 10.0. The molecule has 0 heterocycles. The molecule has 0 radical (unpaired) electrons. The van der Waals surface area contributed by atoms with Crippen molar-refractivity contribution >= 4 is 17.9 Å². The summed E-state index contributed by atoms with van der Waals surface area (Å²) in [6, 6.07) is 0. The molecule has 0 saturated heterocycles. The molecule has 77 heavy (non-hydrogen) atoms. The summed E-state index contributed by atoms with van der Waals surface area (Å²) in [4.78, 5) is 37.5. The number of allylic oxidation sites excluding steroid dienone is 18. The molecule has 0 aliphatic heterocycles. The van der Waals surface area contributed by atoms with Gasteiger partial charge in [0.05, 0.1) is 34.4 Å². The average molecular weight is 1080 g/mol. The lowest BCUT2D eigenvalue weighted by Gasteiger charge is -2.25. The van der Waals surface area contributed by atoms with Gasteiger partial charge in [-0.15, -0.1) is 0 Å². The molecular formula is C68H116NO8+. The number of esters is 2. The highest BCUT2D eigenvalue weighted by molar-refractivity contribution is 5.71. The fraction of sp³-hybridized carbons (Fsp3) is 0.691. The molecule has 0 aliphatic carbocycles. The summed E-state index contributed by atoms with van der Waals surface area (Å²) >= 11 is 0. The Morgan fingerprint density at radius 2 is 0.701 bits per heavy atom. The Hall–Kier alpha value is -4.05. The van der Waals surface area contributed by atoms with E-state index in [1.54, 1.807) is 0 Å². The van der Waals surface area contributed by atoms with Gasteiger partial charge in [0.2, 0.25) is 0 Å². The Kier molecular flexibility index (Phi) is 55.1. The Morgan fingerprint density at radius 1 is 0.390 bits per heavy atom. The molecule has 0 spiro atoms. The number of carbonyl (C=O) groups excluding carboxylic acids is 2. The summed E-state index contributed by atoms with van der Waals surface area (Å²) in [5.41, 5.74) is 0. The molecule has 0 aromatic carbocycles. The second-order valence-corrected chi connectivity index (χ2v) is 21.6. The first-order valence-electron chi connectivity index (χ1n) is 31.1. The van der Waals surface area contributed by atoms with Crippen molar-refractivity contribution in [1.82, 2.24) is 0 Å². The number of quaternary nitrogens is 1. The molecule has 2 atom stereocenters. The molecule has 9 nitrogen and oxygen atoms in total. The Bertz CT molecular complexity index is 1630. The van der Waals surface area contributed by atoms with E-state index in [0.717, 1.165) is 103 Å². The second-order valence-electron chi connectivity index (χ2n) is 21.6. The standard InChI is InChI=1S/C68H115NO8/c1-6-8-10-12-14-16-18-20-22-24-26-28-30-31-32-33-34-35-37-39-41-43-45-47-49-51-53-55-57-59-66(71)77-64(63-76-68(67(72)73)74-61-60-69(3,4)5)62-75-65(70)58-56-54-52-50-48-46-44-42-40-38-36-29-27-25-23-21-19-17-15-13-11-9-7-2/h8-11,14-17,20-23,26-29,31-32,64,68H,6-7,12-13,18-19,24-25,30,33-63H2,1-5H3/p+1/b10-8-,11-9-,16-14-,17-15-,22-20-,23-21-,28-26-,29-27-,32-31-. The zero-order valence-electron chi connectivity index (χ0n) is 50.1. The zero-order chi connectivity index (χ0) is 56.2. The molecular weight excluding hydrogens is 959 g/mol. The van der Waals surface area contributed by atoms with Crippen molar-refractivity contribution in [3.05, 3.63) is 109 Å². The van der Waals surface area contributed by atoms with Crippen LogP contribution in [0.15, 0.2) is 109 Å². The summed E-state index contributed by atoms with van der Waals surface area (Å²) < 4.78 is 22.9. The van der Waals surface area contributed by atoms with E-state index in [1.807, 2.05) is 21.1 Å². The molecule has 0 aromatic heterocycles. The Labute approximate surface area is 473 Å². The number of carboxylic acids is 1. The van der Waals surface area contributed by atoms with E-state index in [4.69, 9.17) is 18.9 Å². The predicted octanol–water partition coefficient (Wildman–Crippen LogP) is 18.7. The van der Waals surface area contributed by atoms with Gasteiger partial charge in [-0.05, 0) is 96.3 Å². The van der Waals surface area contributed by atoms with Crippen molar-refractivity contribution in [2.24, 2.45) is 0 Å². The van der Waals surface area contributed by atoms with Crippen LogP contribution in [0.1, 0.15) is 245 Å². The van der Waals surface area contributed by atoms with Crippen LogP contribution in [-0.4, -0.2) is 87.4 Å². The third-order valence-electron chi connectivity index (χ3n) is 13.0. The molecule has 0 fully saturated rings. The number of unbranched alkanes of at least 4 members (excludes halogenated alkanes) is 23.